The number of hydrogen-bond acceptors (Lipinski definition) is 5. The van der Waals surface area contributed by atoms with Crippen LogP contribution in [0, 0.1) is 5.92 Å². The lowest BCUT2D eigenvalue weighted by molar-refractivity contribution is 0.0806. The SMILES string of the molecule is CC(C)COCCOc1nc(N)ncc1Cl. The molecule has 90 valence electrons. The van der Waals surface area contributed by atoms with E-state index in [0.717, 1.165) is 0 Å². The molecule has 0 bridgehead atoms. The average Bonchev–Trinajstić information content (AvgIpc) is 2.22. The summed E-state index contributed by atoms with van der Waals surface area (Å²) < 4.78 is 10.7. The molecule has 0 amide bonds. The average molecular weight is 246 g/mol. The van der Waals surface area contributed by atoms with Crippen molar-refractivity contribution in [2.45, 2.75) is 13.8 Å². The van der Waals surface area contributed by atoms with Gasteiger partial charge in [-0.05, 0) is 5.92 Å². The number of rotatable bonds is 6. The molecule has 1 aromatic rings. The van der Waals surface area contributed by atoms with Crippen molar-refractivity contribution >= 4 is 17.5 Å². The number of ether oxygens (including phenoxy) is 2. The highest BCUT2D eigenvalue weighted by atomic mass is 35.5. The second-order valence-corrected chi connectivity index (χ2v) is 4.11. The monoisotopic (exact) mass is 245 g/mol. The first-order chi connectivity index (χ1) is 7.59. The van der Waals surface area contributed by atoms with Gasteiger partial charge in [-0.1, -0.05) is 25.4 Å². The van der Waals surface area contributed by atoms with Crippen LogP contribution in [0.1, 0.15) is 13.8 Å². The van der Waals surface area contributed by atoms with Gasteiger partial charge in [0.25, 0.3) is 0 Å². The van der Waals surface area contributed by atoms with Crippen LogP contribution in [0.3, 0.4) is 0 Å². The van der Waals surface area contributed by atoms with Gasteiger partial charge in [-0.25, -0.2) is 4.98 Å². The summed E-state index contributed by atoms with van der Waals surface area (Å²) in [4.78, 5) is 7.59. The van der Waals surface area contributed by atoms with E-state index in [-0.39, 0.29) is 5.95 Å². The minimum Gasteiger partial charge on any atom is -0.474 e. The molecule has 16 heavy (non-hydrogen) atoms. The minimum absolute atomic E-state index is 0.141. The van der Waals surface area contributed by atoms with Gasteiger partial charge in [0.1, 0.15) is 11.6 Å². The van der Waals surface area contributed by atoms with Crippen LogP contribution in [0.5, 0.6) is 5.88 Å². The maximum absolute atomic E-state index is 5.81. The van der Waals surface area contributed by atoms with E-state index in [1.54, 1.807) is 0 Å². The van der Waals surface area contributed by atoms with Crippen LogP contribution in [0.25, 0.3) is 0 Å². The van der Waals surface area contributed by atoms with E-state index in [9.17, 15) is 0 Å². The van der Waals surface area contributed by atoms with Crippen molar-refractivity contribution in [3.63, 3.8) is 0 Å². The summed E-state index contributed by atoms with van der Waals surface area (Å²) >= 11 is 5.81. The van der Waals surface area contributed by atoms with E-state index in [2.05, 4.69) is 23.8 Å². The zero-order valence-corrected chi connectivity index (χ0v) is 10.2. The summed E-state index contributed by atoms with van der Waals surface area (Å²) in [6.07, 6.45) is 1.41. The van der Waals surface area contributed by atoms with Gasteiger partial charge < -0.3 is 15.2 Å². The predicted molar refractivity (Wildman–Crippen MR) is 62.6 cm³/mol. The van der Waals surface area contributed by atoms with E-state index < -0.39 is 0 Å². The molecule has 6 heteroatoms. The van der Waals surface area contributed by atoms with Crippen LogP contribution >= 0.6 is 11.6 Å². The zero-order valence-electron chi connectivity index (χ0n) is 9.44. The summed E-state index contributed by atoms with van der Waals surface area (Å²) in [6.45, 7) is 5.77. The number of halogens is 1. The topological polar surface area (TPSA) is 70.3 Å². The highest BCUT2D eigenvalue weighted by molar-refractivity contribution is 6.31. The van der Waals surface area contributed by atoms with Gasteiger partial charge in [-0.15, -0.1) is 0 Å². The van der Waals surface area contributed by atoms with Crippen LogP contribution in [0.15, 0.2) is 6.20 Å². The summed E-state index contributed by atoms with van der Waals surface area (Å²) in [5.74, 6) is 0.947. The molecule has 5 nitrogen and oxygen atoms in total. The maximum Gasteiger partial charge on any atom is 0.237 e. The Morgan fingerprint density at radius 3 is 2.88 bits per heavy atom. The van der Waals surface area contributed by atoms with Crippen molar-refractivity contribution in [2.75, 3.05) is 25.6 Å². The molecule has 1 aromatic heterocycles. The molecular weight excluding hydrogens is 230 g/mol. The molecule has 0 atom stereocenters. The molecular formula is C10H16ClN3O2. The molecule has 0 unspecified atom stereocenters. The van der Waals surface area contributed by atoms with Gasteiger partial charge in [0.2, 0.25) is 11.8 Å². The summed E-state index contributed by atoms with van der Waals surface area (Å²) in [5, 5.41) is 0.345. The first-order valence-electron chi connectivity index (χ1n) is 5.08. The Balaban J connectivity index is 2.29. The smallest absolute Gasteiger partial charge is 0.237 e. The van der Waals surface area contributed by atoms with Crippen LogP contribution < -0.4 is 10.5 Å². The highest BCUT2D eigenvalue weighted by Crippen LogP contribution is 2.20. The number of aromatic nitrogens is 2. The van der Waals surface area contributed by atoms with Crippen molar-refractivity contribution in [3.05, 3.63) is 11.2 Å². The van der Waals surface area contributed by atoms with E-state index in [4.69, 9.17) is 26.8 Å². The largest absolute Gasteiger partial charge is 0.474 e. The maximum atomic E-state index is 5.81. The Morgan fingerprint density at radius 2 is 2.19 bits per heavy atom. The molecule has 0 saturated heterocycles. The lowest BCUT2D eigenvalue weighted by Gasteiger charge is -2.08. The Kier molecular flexibility index (Phi) is 5.28. The molecule has 0 fully saturated rings. The highest BCUT2D eigenvalue weighted by Gasteiger charge is 2.04. The quantitative estimate of drug-likeness (QED) is 0.774. The second-order valence-electron chi connectivity index (χ2n) is 3.70. The fraction of sp³-hybridized carbons (Fsp3) is 0.600. The van der Waals surface area contributed by atoms with Crippen LogP contribution in [0.2, 0.25) is 5.02 Å². The van der Waals surface area contributed by atoms with E-state index in [1.807, 2.05) is 0 Å². The molecule has 0 aliphatic carbocycles. The van der Waals surface area contributed by atoms with Crippen molar-refractivity contribution in [2.24, 2.45) is 5.92 Å². The predicted octanol–water partition coefficient (Wildman–Crippen LogP) is 1.76. The number of hydrogen-bond donors (Lipinski definition) is 1. The van der Waals surface area contributed by atoms with Gasteiger partial charge >= 0.3 is 0 Å². The van der Waals surface area contributed by atoms with Crippen molar-refractivity contribution in [1.82, 2.24) is 9.97 Å². The van der Waals surface area contributed by atoms with Gasteiger partial charge in [0.05, 0.1) is 12.8 Å². The number of nitrogens with zero attached hydrogens (tertiary/aromatic N) is 2. The van der Waals surface area contributed by atoms with Crippen molar-refractivity contribution in [1.29, 1.82) is 0 Å². The lowest BCUT2D eigenvalue weighted by Crippen LogP contribution is -2.11. The molecule has 1 rings (SSSR count). The lowest BCUT2D eigenvalue weighted by atomic mass is 10.2. The summed E-state index contributed by atoms with van der Waals surface area (Å²) in [5.41, 5.74) is 5.41. The first kappa shape index (κ1) is 13.0. The van der Waals surface area contributed by atoms with Crippen LogP contribution in [0.4, 0.5) is 5.95 Å². The third kappa shape index (κ3) is 4.63. The molecule has 0 spiro atoms. The van der Waals surface area contributed by atoms with Gasteiger partial charge in [-0.2, -0.15) is 4.98 Å². The Hall–Kier alpha value is -1.07. The zero-order chi connectivity index (χ0) is 12.0. The Bertz CT molecular complexity index is 334. The summed E-state index contributed by atoms with van der Waals surface area (Å²) in [6, 6.07) is 0. The van der Waals surface area contributed by atoms with E-state index in [1.165, 1.54) is 6.20 Å². The van der Waals surface area contributed by atoms with Gasteiger partial charge in [0, 0.05) is 6.61 Å². The van der Waals surface area contributed by atoms with Crippen molar-refractivity contribution < 1.29 is 9.47 Å². The molecule has 0 saturated carbocycles. The second kappa shape index (κ2) is 6.50. The standard InChI is InChI=1S/C10H16ClN3O2/c1-7(2)6-15-3-4-16-9-8(11)5-13-10(12)14-9/h5,7H,3-4,6H2,1-2H3,(H2,12,13,14). The number of nitrogens with two attached hydrogens (primary N) is 1. The molecule has 1 heterocycles. The molecule has 0 aromatic carbocycles. The van der Waals surface area contributed by atoms with Gasteiger partial charge in [0.15, 0.2) is 0 Å². The van der Waals surface area contributed by atoms with Crippen molar-refractivity contribution in [3.8, 4) is 5.88 Å². The first-order valence-corrected chi connectivity index (χ1v) is 5.46. The molecule has 2 N–H and O–H groups in total. The fourth-order valence-corrected chi connectivity index (χ4v) is 1.13. The summed E-state index contributed by atoms with van der Waals surface area (Å²) in [7, 11) is 0. The van der Waals surface area contributed by atoms with Crippen LogP contribution in [-0.4, -0.2) is 29.8 Å². The molecule has 0 radical (unpaired) electrons. The van der Waals surface area contributed by atoms with E-state index >= 15 is 0 Å². The third-order valence-electron chi connectivity index (χ3n) is 1.65. The normalized spacial score (nSPS) is 10.8. The van der Waals surface area contributed by atoms with E-state index in [0.29, 0.717) is 36.6 Å². The third-order valence-corrected chi connectivity index (χ3v) is 1.91. The fourth-order valence-electron chi connectivity index (χ4n) is 0.982. The molecule has 0 aliphatic heterocycles. The molecule has 0 aliphatic rings. The number of anilines is 1. The van der Waals surface area contributed by atoms with Gasteiger partial charge in [-0.3, -0.25) is 0 Å². The Morgan fingerprint density at radius 1 is 1.44 bits per heavy atom. The minimum atomic E-state index is 0.141. The number of nitrogen functional groups attached to an aromatic ring is 1. The van der Waals surface area contributed by atoms with Crippen LogP contribution in [-0.2, 0) is 4.74 Å². The Labute approximate surface area is 99.9 Å².